The number of carbonyl (C=O) groups excluding carboxylic acids is 1. The summed E-state index contributed by atoms with van der Waals surface area (Å²) in [6, 6.07) is 9.56. The van der Waals surface area contributed by atoms with Gasteiger partial charge in [-0.25, -0.2) is 0 Å². The average molecular weight is 276 g/mol. The standard InChI is InChI=1S/C16H24N2O2/c17-14(10-9-12-5-2-1-3-6-12)16(20)18-11-13-7-4-8-15(13)19/h1-3,5-6,13-15,19H,4,7-11,17H2,(H,18,20)/t13?,14-,15?/m0/s1. The second kappa shape index (κ2) is 7.41. The smallest absolute Gasteiger partial charge is 0.236 e. The third-order valence-electron chi connectivity index (χ3n) is 4.08. The van der Waals surface area contributed by atoms with Crippen molar-refractivity contribution >= 4 is 5.91 Å². The van der Waals surface area contributed by atoms with Crippen LogP contribution in [0.25, 0.3) is 0 Å². The van der Waals surface area contributed by atoms with E-state index in [2.05, 4.69) is 5.32 Å². The van der Waals surface area contributed by atoms with Gasteiger partial charge >= 0.3 is 0 Å². The van der Waals surface area contributed by atoms with E-state index >= 15 is 0 Å². The van der Waals surface area contributed by atoms with Crippen molar-refractivity contribution in [2.45, 2.75) is 44.2 Å². The first-order valence-electron chi connectivity index (χ1n) is 7.42. The molecule has 1 aromatic carbocycles. The van der Waals surface area contributed by atoms with E-state index in [0.717, 1.165) is 25.7 Å². The lowest BCUT2D eigenvalue weighted by Gasteiger charge is -2.17. The molecule has 1 amide bonds. The first kappa shape index (κ1) is 15.0. The van der Waals surface area contributed by atoms with Gasteiger partial charge in [-0.1, -0.05) is 36.8 Å². The highest BCUT2D eigenvalue weighted by atomic mass is 16.3. The van der Waals surface area contributed by atoms with Crippen molar-refractivity contribution in [2.75, 3.05) is 6.54 Å². The number of benzene rings is 1. The zero-order valence-corrected chi connectivity index (χ0v) is 11.8. The van der Waals surface area contributed by atoms with E-state index in [-0.39, 0.29) is 17.9 Å². The molecule has 2 rings (SSSR count). The number of aryl methyl sites for hydroxylation is 1. The van der Waals surface area contributed by atoms with Gasteiger partial charge in [-0.2, -0.15) is 0 Å². The Hall–Kier alpha value is -1.39. The van der Waals surface area contributed by atoms with Crippen molar-refractivity contribution in [3.05, 3.63) is 35.9 Å². The van der Waals surface area contributed by atoms with Crippen LogP contribution in [0.15, 0.2) is 30.3 Å². The topological polar surface area (TPSA) is 75.4 Å². The molecule has 1 aliphatic carbocycles. The van der Waals surface area contributed by atoms with Gasteiger partial charge in [-0.15, -0.1) is 0 Å². The second-order valence-electron chi connectivity index (χ2n) is 5.63. The van der Waals surface area contributed by atoms with Crippen molar-refractivity contribution in [3.8, 4) is 0 Å². The Morgan fingerprint density at radius 1 is 1.35 bits per heavy atom. The van der Waals surface area contributed by atoms with E-state index in [9.17, 15) is 9.90 Å². The Balaban J connectivity index is 1.69. The molecule has 0 radical (unpaired) electrons. The van der Waals surface area contributed by atoms with E-state index in [4.69, 9.17) is 5.73 Å². The molecule has 1 aromatic rings. The SMILES string of the molecule is N[C@@H](CCc1ccccc1)C(=O)NCC1CCCC1O. The fourth-order valence-corrected chi connectivity index (χ4v) is 2.72. The fourth-order valence-electron chi connectivity index (χ4n) is 2.72. The molecule has 1 saturated carbocycles. The lowest BCUT2D eigenvalue weighted by molar-refractivity contribution is -0.122. The van der Waals surface area contributed by atoms with Gasteiger partial charge in [0.2, 0.25) is 5.91 Å². The van der Waals surface area contributed by atoms with Gasteiger partial charge in [-0.3, -0.25) is 4.79 Å². The largest absolute Gasteiger partial charge is 0.393 e. The van der Waals surface area contributed by atoms with Crippen LogP contribution in [0.2, 0.25) is 0 Å². The van der Waals surface area contributed by atoms with Gasteiger partial charge in [0.15, 0.2) is 0 Å². The third-order valence-corrected chi connectivity index (χ3v) is 4.08. The number of nitrogens with one attached hydrogen (secondary N) is 1. The van der Waals surface area contributed by atoms with Gasteiger partial charge in [0, 0.05) is 12.5 Å². The number of hydrogen-bond acceptors (Lipinski definition) is 3. The number of carbonyl (C=O) groups is 1. The summed E-state index contributed by atoms with van der Waals surface area (Å²) in [5.74, 6) is 0.0836. The second-order valence-corrected chi connectivity index (χ2v) is 5.63. The molecule has 0 aromatic heterocycles. The van der Waals surface area contributed by atoms with Crippen LogP contribution in [-0.2, 0) is 11.2 Å². The Morgan fingerprint density at radius 3 is 2.75 bits per heavy atom. The van der Waals surface area contributed by atoms with E-state index < -0.39 is 6.04 Å². The minimum atomic E-state index is -0.478. The molecule has 4 nitrogen and oxygen atoms in total. The highest BCUT2D eigenvalue weighted by molar-refractivity contribution is 5.81. The molecule has 110 valence electrons. The summed E-state index contributed by atoms with van der Waals surface area (Å²) in [5, 5.41) is 12.6. The molecule has 4 N–H and O–H groups in total. The van der Waals surface area contributed by atoms with Crippen LogP contribution in [0.1, 0.15) is 31.2 Å². The summed E-state index contributed by atoms with van der Waals surface area (Å²) < 4.78 is 0. The minimum absolute atomic E-state index is 0.111. The molecular weight excluding hydrogens is 252 g/mol. The van der Waals surface area contributed by atoms with Crippen LogP contribution in [0.4, 0.5) is 0 Å². The van der Waals surface area contributed by atoms with Gasteiger partial charge in [0.1, 0.15) is 0 Å². The van der Waals surface area contributed by atoms with Gasteiger partial charge in [0.05, 0.1) is 12.1 Å². The Kier molecular flexibility index (Phi) is 5.56. The summed E-state index contributed by atoms with van der Waals surface area (Å²) >= 11 is 0. The number of aliphatic hydroxyl groups excluding tert-OH is 1. The third kappa shape index (κ3) is 4.32. The minimum Gasteiger partial charge on any atom is -0.393 e. The van der Waals surface area contributed by atoms with Crippen molar-refractivity contribution in [1.29, 1.82) is 0 Å². The van der Waals surface area contributed by atoms with Crippen LogP contribution >= 0.6 is 0 Å². The van der Waals surface area contributed by atoms with Gasteiger partial charge < -0.3 is 16.2 Å². The van der Waals surface area contributed by atoms with Gasteiger partial charge in [-0.05, 0) is 31.2 Å². The quantitative estimate of drug-likeness (QED) is 0.731. The molecule has 3 atom stereocenters. The monoisotopic (exact) mass is 276 g/mol. The molecule has 0 heterocycles. The highest BCUT2D eigenvalue weighted by Gasteiger charge is 2.26. The van der Waals surface area contributed by atoms with Gasteiger partial charge in [0.25, 0.3) is 0 Å². The number of aliphatic hydroxyl groups is 1. The van der Waals surface area contributed by atoms with E-state index in [0.29, 0.717) is 13.0 Å². The Labute approximate surface area is 120 Å². The highest BCUT2D eigenvalue weighted by Crippen LogP contribution is 2.24. The van der Waals surface area contributed by atoms with Crippen LogP contribution in [0, 0.1) is 5.92 Å². The molecule has 20 heavy (non-hydrogen) atoms. The maximum absolute atomic E-state index is 11.9. The molecule has 0 spiro atoms. The lowest BCUT2D eigenvalue weighted by Crippen LogP contribution is -2.43. The molecule has 0 aliphatic heterocycles. The van der Waals surface area contributed by atoms with E-state index in [1.807, 2.05) is 30.3 Å². The molecular formula is C16H24N2O2. The zero-order valence-electron chi connectivity index (χ0n) is 11.8. The van der Waals surface area contributed by atoms with Crippen LogP contribution < -0.4 is 11.1 Å². The fraction of sp³-hybridized carbons (Fsp3) is 0.562. The molecule has 1 aliphatic rings. The van der Waals surface area contributed by atoms with Crippen LogP contribution in [0.5, 0.6) is 0 Å². The first-order chi connectivity index (χ1) is 9.66. The summed E-state index contributed by atoms with van der Waals surface area (Å²) in [5.41, 5.74) is 7.11. The summed E-state index contributed by atoms with van der Waals surface area (Å²) in [4.78, 5) is 11.9. The number of rotatable bonds is 6. The number of hydrogen-bond donors (Lipinski definition) is 3. The average Bonchev–Trinajstić information content (AvgIpc) is 2.88. The predicted octanol–water partition coefficient (Wildman–Crippen LogP) is 1.22. The summed E-state index contributed by atoms with van der Waals surface area (Å²) in [6.07, 6.45) is 4.06. The van der Waals surface area contributed by atoms with Crippen molar-refractivity contribution < 1.29 is 9.90 Å². The molecule has 0 saturated heterocycles. The van der Waals surface area contributed by atoms with Crippen LogP contribution in [-0.4, -0.2) is 29.7 Å². The maximum Gasteiger partial charge on any atom is 0.236 e. The van der Waals surface area contributed by atoms with Crippen molar-refractivity contribution in [1.82, 2.24) is 5.32 Å². The normalized spacial score (nSPS) is 23.5. The molecule has 1 fully saturated rings. The lowest BCUT2D eigenvalue weighted by atomic mass is 10.0. The Morgan fingerprint density at radius 2 is 2.10 bits per heavy atom. The molecule has 2 unspecified atom stereocenters. The first-order valence-corrected chi connectivity index (χ1v) is 7.42. The van der Waals surface area contributed by atoms with E-state index in [1.54, 1.807) is 0 Å². The summed E-state index contributed by atoms with van der Waals surface area (Å²) in [7, 11) is 0. The Bertz CT molecular complexity index is 422. The molecule has 4 heteroatoms. The zero-order chi connectivity index (χ0) is 14.4. The van der Waals surface area contributed by atoms with Crippen LogP contribution in [0.3, 0.4) is 0 Å². The van der Waals surface area contributed by atoms with Crippen molar-refractivity contribution in [2.24, 2.45) is 11.7 Å². The van der Waals surface area contributed by atoms with Crippen molar-refractivity contribution in [3.63, 3.8) is 0 Å². The number of nitrogens with two attached hydrogens (primary N) is 1. The van der Waals surface area contributed by atoms with E-state index in [1.165, 1.54) is 5.56 Å². The summed E-state index contributed by atoms with van der Waals surface area (Å²) in [6.45, 7) is 0.541. The predicted molar refractivity (Wildman–Crippen MR) is 79.1 cm³/mol. The molecule has 0 bridgehead atoms. The maximum atomic E-state index is 11.9. The number of amides is 1.